The summed E-state index contributed by atoms with van der Waals surface area (Å²) >= 11 is -1.95. The molecule has 0 aliphatic carbocycles. The fourth-order valence-corrected chi connectivity index (χ4v) is 1.36. The van der Waals surface area contributed by atoms with Crippen LogP contribution in [0.5, 0.6) is 0 Å². The zero-order valence-corrected chi connectivity index (χ0v) is 7.17. The Hall–Kier alpha value is -1.13. The Morgan fingerprint density at radius 3 is 2.75 bits per heavy atom. The molecule has 1 aromatic rings. The normalized spacial score (nSPS) is 12.1. The van der Waals surface area contributed by atoms with Gasteiger partial charge >= 0.3 is 0 Å². The molecular formula is C8H9NO2S. The summed E-state index contributed by atoms with van der Waals surface area (Å²) in [5.41, 5.74) is 0.605. The van der Waals surface area contributed by atoms with Gasteiger partial charge in [-0.25, -0.2) is 4.21 Å². The zero-order chi connectivity index (χ0) is 8.97. The maximum absolute atomic E-state index is 10.7. The Labute approximate surface area is 73.4 Å². The molecule has 0 saturated heterocycles. The molecule has 3 nitrogen and oxygen atoms in total. The van der Waals surface area contributed by atoms with Crippen LogP contribution in [0.4, 0.5) is 5.69 Å². The smallest absolute Gasteiger partial charge is 0.188 e. The van der Waals surface area contributed by atoms with Crippen LogP contribution in [0.1, 0.15) is 0 Å². The van der Waals surface area contributed by atoms with Crippen LogP contribution in [-0.4, -0.2) is 8.76 Å². The molecule has 64 valence electrons. The molecule has 2 N–H and O–H groups in total. The highest BCUT2D eigenvalue weighted by Gasteiger charge is 2.04. The number of benzene rings is 1. The number of nitrogens with one attached hydrogen (secondary N) is 1. The lowest BCUT2D eigenvalue weighted by molar-refractivity contribution is 0.565. The first-order chi connectivity index (χ1) is 5.75. The van der Waals surface area contributed by atoms with E-state index in [1.165, 1.54) is 6.20 Å². The molecular weight excluding hydrogens is 174 g/mol. The van der Waals surface area contributed by atoms with E-state index in [0.717, 1.165) is 0 Å². The molecule has 0 fully saturated rings. The van der Waals surface area contributed by atoms with Gasteiger partial charge in [0.1, 0.15) is 0 Å². The quantitative estimate of drug-likeness (QED) is 0.703. The molecule has 0 saturated carbocycles. The highest BCUT2D eigenvalue weighted by molar-refractivity contribution is 7.79. The zero-order valence-electron chi connectivity index (χ0n) is 6.36. The fourth-order valence-electron chi connectivity index (χ4n) is 0.848. The molecule has 0 aliphatic rings. The van der Waals surface area contributed by atoms with Crippen LogP contribution in [0.2, 0.25) is 0 Å². The van der Waals surface area contributed by atoms with Crippen molar-refractivity contribution in [2.45, 2.75) is 4.90 Å². The molecule has 1 rings (SSSR count). The molecule has 0 bridgehead atoms. The molecule has 0 spiro atoms. The molecule has 1 unspecified atom stereocenters. The third kappa shape index (κ3) is 1.93. The number of hydrogen-bond acceptors (Lipinski definition) is 2. The largest absolute Gasteiger partial charge is 0.361 e. The van der Waals surface area contributed by atoms with E-state index in [9.17, 15) is 4.21 Å². The van der Waals surface area contributed by atoms with Crippen molar-refractivity contribution in [1.29, 1.82) is 0 Å². The first-order valence-electron chi connectivity index (χ1n) is 3.33. The Morgan fingerprint density at radius 2 is 2.17 bits per heavy atom. The summed E-state index contributed by atoms with van der Waals surface area (Å²) in [4.78, 5) is 0.359. The minimum atomic E-state index is -1.95. The molecule has 12 heavy (non-hydrogen) atoms. The lowest BCUT2D eigenvalue weighted by Crippen LogP contribution is -1.95. The summed E-state index contributed by atoms with van der Waals surface area (Å²) in [6.07, 6.45) is 1.46. The minimum Gasteiger partial charge on any atom is -0.361 e. The topological polar surface area (TPSA) is 49.3 Å². The van der Waals surface area contributed by atoms with Gasteiger partial charge in [-0.3, -0.25) is 0 Å². The van der Waals surface area contributed by atoms with Gasteiger partial charge < -0.3 is 9.87 Å². The highest BCUT2D eigenvalue weighted by atomic mass is 32.2. The second kappa shape index (κ2) is 4.04. The maximum Gasteiger partial charge on any atom is 0.188 e. The summed E-state index contributed by atoms with van der Waals surface area (Å²) in [7, 11) is 0. The minimum absolute atomic E-state index is 0.359. The van der Waals surface area contributed by atoms with Gasteiger partial charge in [-0.2, -0.15) is 0 Å². The number of anilines is 1. The third-order valence-electron chi connectivity index (χ3n) is 1.33. The Bertz CT molecular complexity index is 312. The van der Waals surface area contributed by atoms with Gasteiger partial charge in [-0.1, -0.05) is 18.7 Å². The number of hydrogen-bond donors (Lipinski definition) is 2. The highest BCUT2D eigenvalue weighted by Crippen LogP contribution is 2.17. The van der Waals surface area contributed by atoms with Gasteiger partial charge in [0.15, 0.2) is 11.1 Å². The summed E-state index contributed by atoms with van der Waals surface area (Å²) in [5, 5.41) is 2.77. The van der Waals surface area contributed by atoms with Crippen molar-refractivity contribution in [2.75, 3.05) is 5.32 Å². The van der Waals surface area contributed by atoms with Crippen LogP contribution in [0.3, 0.4) is 0 Å². The van der Waals surface area contributed by atoms with Gasteiger partial charge in [-0.15, -0.1) is 0 Å². The van der Waals surface area contributed by atoms with Crippen LogP contribution >= 0.6 is 0 Å². The molecule has 0 aliphatic heterocycles. The van der Waals surface area contributed by atoms with Gasteiger partial charge in [0.2, 0.25) is 0 Å². The lowest BCUT2D eigenvalue weighted by Gasteiger charge is -2.03. The van der Waals surface area contributed by atoms with E-state index in [2.05, 4.69) is 11.9 Å². The van der Waals surface area contributed by atoms with E-state index in [-0.39, 0.29) is 0 Å². The van der Waals surface area contributed by atoms with Gasteiger partial charge in [0.25, 0.3) is 0 Å². The summed E-state index contributed by atoms with van der Waals surface area (Å²) in [5.74, 6) is 0. The van der Waals surface area contributed by atoms with Crippen molar-refractivity contribution in [1.82, 2.24) is 0 Å². The Balaban J connectivity index is 3.07. The number of rotatable bonds is 3. The molecule has 0 amide bonds. The van der Waals surface area contributed by atoms with Crippen LogP contribution in [-0.2, 0) is 11.1 Å². The Kier molecular flexibility index (Phi) is 3.01. The first-order valence-corrected chi connectivity index (χ1v) is 4.43. The van der Waals surface area contributed by atoms with Crippen molar-refractivity contribution < 1.29 is 8.76 Å². The average molecular weight is 183 g/mol. The first kappa shape index (κ1) is 8.96. The van der Waals surface area contributed by atoms with Gasteiger partial charge in [0, 0.05) is 0 Å². The lowest BCUT2D eigenvalue weighted by atomic mass is 10.3. The van der Waals surface area contributed by atoms with Crippen LogP contribution < -0.4 is 5.32 Å². The van der Waals surface area contributed by atoms with Gasteiger partial charge in [-0.05, 0) is 18.3 Å². The van der Waals surface area contributed by atoms with Crippen molar-refractivity contribution in [3.8, 4) is 0 Å². The standard InChI is InChI=1S/C8H9NO2S/c1-2-9-7-5-3-4-6-8(7)12(10)11/h2-6,9H,1H2,(H,10,11). The summed E-state index contributed by atoms with van der Waals surface area (Å²) in [6.45, 7) is 3.46. The van der Waals surface area contributed by atoms with Crippen molar-refractivity contribution in [3.63, 3.8) is 0 Å². The van der Waals surface area contributed by atoms with E-state index < -0.39 is 11.1 Å². The van der Waals surface area contributed by atoms with Crippen LogP contribution in [0.15, 0.2) is 41.9 Å². The van der Waals surface area contributed by atoms with E-state index in [0.29, 0.717) is 10.6 Å². The molecule has 1 aromatic carbocycles. The second-order valence-corrected chi connectivity index (χ2v) is 3.03. The predicted molar refractivity (Wildman–Crippen MR) is 49.3 cm³/mol. The number of para-hydroxylation sites is 1. The second-order valence-electron chi connectivity index (χ2n) is 2.09. The van der Waals surface area contributed by atoms with E-state index >= 15 is 0 Å². The van der Waals surface area contributed by atoms with Crippen molar-refractivity contribution >= 4 is 16.8 Å². The molecule has 1 atom stereocenters. The Morgan fingerprint density at radius 1 is 1.50 bits per heavy atom. The SMILES string of the molecule is C=CNc1ccccc1S(=O)O. The van der Waals surface area contributed by atoms with E-state index in [4.69, 9.17) is 4.55 Å². The molecule has 0 radical (unpaired) electrons. The molecule has 0 aromatic heterocycles. The fraction of sp³-hybridized carbons (Fsp3) is 0. The van der Waals surface area contributed by atoms with Crippen molar-refractivity contribution in [2.24, 2.45) is 0 Å². The molecule has 0 heterocycles. The average Bonchev–Trinajstić information content (AvgIpc) is 2.05. The maximum atomic E-state index is 10.7. The van der Waals surface area contributed by atoms with Crippen LogP contribution in [0, 0.1) is 0 Å². The molecule has 4 heteroatoms. The van der Waals surface area contributed by atoms with E-state index in [1.54, 1.807) is 24.3 Å². The monoisotopic (exact) mass is 183 g/mol. The van der Waals surface area contributed by atoms with E-state index in [1.807, 2.05) is 0 Å². The van der Waals surface area contributed by atoms with Crippen molar-refractivity contribution in [3.05, 3.63) is 37.0 Å². The third-order valence-corrected chi connectivity index (χ3v) is 2.07. The summed E-state index contributed by atoms with van der Waals surface area (Å²) < 4.78 is 19.6. The van der Waals surface area contributed by atoms with Gasteiger partial charge in [0.05, 0.1) is 10.6 Å². The van der Waals surface area contributed by atoms with Crippen LogP contribution in [0.25, 0.3) is 0 Å². The summed E-state index contributed by atoms with van der Waals surface area (Å²) in [6, 6.07) is 6.78. The predicted octanol–water partition coefficient (Wildman–Crippen LogP) is 1.82.